The highest BCUT2D eigenvalue weighted by molar-refractivity contribution is 9.10. The van der Waals surface area contributed by atoms with E-state index in [0.29, 0.717) is 10.8 Å². The first-order valence-corrected chi connectivity index (χ1v) is 8.13. The standard InChI is InChI=1S/C18H13BrClNO2/c1-11-9-14(5-6-15(11)19)21-18(22)17-8-7-16(23-17)12-3-2-4-13(20)10-12/h2-10H,1H3,(H,21,22). The normalized spacial score (nSPS) is 10.6. The molecule has 0 radical (unpaired) electrons. The topological polar surface area (TPSA) is 42.2 Å². The molecule has 0 aliphatic carbocycles. The van der Waals surface area contributed by atoms with E-state index in [4.69, 9.17) is 16.0 Å². The summed E-state index contributed by atoms with van der Waals surface area (Å²) in [4.78, 5) is 12.3. The minimum absolute atomic E-state index is 0.251. The zero-order valence-electron chi connectivity index (χ0n) is 12.3. The van der Waals surface area contributed by atoms with Crippen molar-refractivity contribution >= 4 is 39.1 Å². The minimum atomic E-state index is -0.292. The van der Waals surface area contributed by atoms with Gasteiger partial charge in [-0.05, 0) is 55.0 Å². The number of nitrogens with one attached hydrogen (secondary N) is 1. The average molecular weight is 391 g/mol. The van der Waals surface area contributed by atoms with E-state index in [9.17, 15) is 4.79 Å². The van der Waals surface area contributed by atoms with Crippen molar-refractivity contribution in [3.05, 3.63) is 75.4 Å². The van der Waals surface area contributed by atoms with Gasteiger partial charge in [0.2, 0.25) is 0 Å². The fraction of sp³-hybridized carbons (Fsp3) is 0.0556. The fourth-order valence-electron chi connectivity index (χ4n) is 2.17. The molecule has 1 aromatic heterocycles. The van der Waals surface area contributed by atoms with Crippen molar-refractivity contribution in [3.8, 4) is 11.3 Å². The molecule has 0 aliphatic heterocycles. The lowest BCUT2D eigenvalue weighted by molar-refractivity contribution is 0.0997. The third kappa shape index (κ3) is 3.66. The zero-order chi connectivity index (χ0) is 16.4. The second kappa shape index (κ2) is 6.60. The Morgan fingerprint density at radius 3 is 2.70 bits per heavy atom. The van der Waals surface area contributed by atoms with E-state index in [2.05, 4.69) is 21.2 Å². The summed E-state index contributed by atoms with van der Waals surface area (Å²) < 4.78 is 6.63. The number of carbonyl (C=O) groups is 1. The third-order valence-corrected chi connectivity index (χ3v) is 4.48. The van der Waals surface area contributed by atoms with Gasteiger partial charge in [-0.25, -0.2) is 0 Å². The van der Waals surface area contributed by atoms with Gasteiger partial charge in [-0.1, -0.05) is 39.7 Å². The summed E-state index contributed by atoms with van der Waals surface area (Å²) in [6, 6.07) is 16.3. The van der Waals surface area contributed by atoms with Gasteiger partial charge in [0.25, 0.3) is 5.91 Å². The predicted octanol–water partition coefficient (Wildman–Crippen LogP) is 5.92. The highest BCUT2D eigenvalue weighted by Gasteiger charge is 2.13. The van der Waals surface area contributed by atoms with Gasteiger partial charge in [0.05, 0.1) is 0 Å². The first kappa shape index (κ1) is 15.8. The van der Waals surface area contributed by atoms with E-state index in [-0.39, 0.29) is 11.7 Å². The zero-order valence-corrected chi connectivity index (χ0v) is 14.6. The molecule has 0 unspecified atom stereocenters. The lowest BCUT2D eigenvalue weighted by Gasteiger charge is -2.05. The molecule has 0 saturated heterocycles. The van der Waals surface area contributed by atoms with Crippen LogP contribution in [-0.4, -0.2) is 5.91 Å². The van der Waals surface area contributed by atoms with Crippen molar-refractivity contribution in [2.45, 2.75) is 6.92 Å². The lowest BCUT2D eigenvalue weighted by Crippen LogP contribution is -2.10. The molecule has 3 rings (SSSR count). The second-order valence-electron chi connectivity index (χ2n) is 5.09. The SMILES string of the molecule is Cc1cc(NC(=O)c2ccc(-c3cccc(Cl)c3)o2)ccc1Br. The quantitative estimate of drug-likeness (QED) is 0.603. The van der Waals surface area contributed by atoms with Crippen molar-refractivity contribution in [2.24, 2.45) is 0 Å². The molecule has 0 aliphatic rings. The van der Waals surface area contributed by atoms with Crippen molar-refractivity contribution < 1.29 is 9.21 Å². The molecule has 0 atom stereocenters. The Balaban J connectivity index is 1.79. The Bertz CT molecular complexity index is 873. The Morgan fingerprint density at radius 2 is 1.96 bits per heavy atom. The number of carbonyl (C=O) groups excluding carboxylic acids is 1. The monoisotopic (exact) mass is 389 g/mol. The maximum atomic E-state index is 12.3. The number of rotatable bonds is 3. The third-order valence-electron chi connectivity index (χ3n) is 3.35. The number of amides is 1. The molecule has 5 heteroatoms. The molecule has 0 bridgehead atoms. The smallest absolute Gasteiger partial charge is 0.291 e. The van der Waals surface area contributed by atoms with Gasteiger partial charge in [0, 0.05) is 20.7 Å². The molecule has 0 saturated carbocycles. The van der Waals surface area contributed by atoms with Crippen molar-refractivity contribution in [1.82, 2.24) is 0 Å². The molecule has 1 amide bonds. The number of hydrogen-bond acceptors (Lipinski definition) is 2. The number of benzene rings is 2. The van der Waals surface area contributed by atoms with E-state index in [1.165, 1.54) is 0 Å². The van der Waals surface area contributed by atoms with Crippen LogP contribution in [0.1, 0.15) is 16.1 Å². The predicted molar refractivity (Wildman–Crippen MR) is 96.0 cm³/mol. The first-order valence-electron chi connectivity index (χ1n) is 6.96. The Morgan fingerprint density at radius 1 is 1.13 bits per heavy atom. The van der Waals surface area contributed by atoms with Crippen LogP contribution in [0.15, 0.2) is 63.5 Å². The molecule has 1 N–H and O–H groups in total. The highest BCUT2D eigenvalue weighted by Crippen LogP contribution is 2.26. The Kier molecular flexibility index (Phi) is 4.55. The van der Waals surface area contributed by atoms with Crippen LogP contribution >= 0.6 is 27.5 Å². The number of anilines is 1. The number of aryl methyl sites for hydroxylation is 1. The summed E-state index contributed by atoms with van der Waals surface area (Å²) in [5.41, 5.74) is 2.59. The van der Waals surface area contributed by atoms with Gasteiger partial charge in [-0.3, -0.25) is 4.79 Å². The fourth-order valence-corrected chi connectivity index (χ4v) is 2.61. The van der Waals surface area contributed by atoms with E-state index < -0.39 is 0 Å². The first-order chi connectivity index (χ1) is 11.0. The molecule has 0 fully saturated rings. The molecular weight excluding hydrogens is 378 g/mol. The van der Waals surface area contributed by atoms with Gasteiger partial charge in [-0.15, -0.1) is 0 Å². The lowest BCUT2D eigenvalue weighted by atomic mass is 10.2. The van der Waals surface area contributed by atoms with Crippen LogP contribution in [0, 0.1) is 6.92 Å². The van der Waals surface area contributed by atoms with Crippen LogP contribution in [0.2, 0.25) is 5.02 Å². The van der Waals surface area contributed by atoms with Crippen LogP contribution in [0.25, 0.3) is 11.3 Å². The van der Waals surface area contributed by atoms with Crippen LogP contribution < -0.4 is 5.32 Å². The van der Waals surface area contributed by atoms with Crippen LogP contribution in [0.3, 0.4) is 0 Å². The maximum Gasteiger partial charge on any atom is 0.291 e. The van der Waals surface area contributed by atoms with E-state index >= 15 is 0 Å². The summed E-state index contributed by atoms with van der Waals surface area (Å²) in [5.74, 6) is 0.560. The van der Waals surface area contributed by atoms with E-state index in [1.807, 2.05) is 37.3 Å². The van der Waals surface area contributed by atoms with Crippen molar-refractivity contribution in [2.75, 3.05) is 5.32 Å². The van der Waals surface area contributed by atoms with Crippen LogP contribution in [0.5, 0.6) is 0 Å². The van der Waals surface area contributed by atoms with Crippen LogP contribution in [0.4, 0.5) is 5.69 Å². The average Bonchev–Trinajstić information content (AvgIpc) is 3.01. The summed E-state index contributed by atoms with van der Waals surface area (Å²) in [6.45, 7) is 1.96. The van der Waals surface area contributed by atoms with Gasteiger partial charge in [-0.2, -0.15) is 0 Å². The summed E-state index contributed by atoms with van der Waals surface area (Å²) in [5, 5.41) is 3.44. The molecule has 3 aromatic rings. The van der Waals surface area contributed by atoms with E-state index in [0.717, 1.165) is 21.3 Å². The Labute approximate surface area is 147 Å². The minimum Gasteiger partial charge on any atom is -0.451 e. The van der Waals surface area contributed by atoms with Gasteiger partial charge in [0.1, 0.15) is 5.76 Å². The molecule has 0 spiro atoms. The number of halogens is 2. The molecule has 23 heavy (non-hydrogen) atoms. The molecule has 2 aromatic carbocycles. The van der Waals surface area contributed by atoms with Crippen molar-refractivity contribution in [1.29, 1.82) is 0 Å². The molecule has 1 heterocycles. The molecule has 116 valence electrons. The van der Waals surface area contributed by atoms with Crippen molar-refractivity contribution in [3.63, 3.8) is 0 Å². The van der Waals surface area contributed by atoms with Gasteiger partial charge in [0.15, 0.2) is 5.76 Å². The number of furan rings is 1. The Hall–Kier alpha value is -2.04. The summed E-state index contributed by atoms with van der Waals surface area (Å²) in [7, 11) is 0. The number of hydrogen-bond donors (Lipinski definition) is 1. The highest BCUT2D eigenvalue weighted by atomic mass is 79.9. The van der Waals surface area contributed by atoms with Crippen LogP contribution in [-0.2, 0) is 0 Å². The van der Waals surface area contributed by atoms with E-state index in [1.54, 1.807) is 24.3 Å². The second-order valence-corrected chi connectivity index (χ2v) is 6.38. The largest absolute Gasteiger partial charge is 0.451 e. The molecule has 3 nitrogen and oxygen atoms in total. The molecular formula is C18H13BrClNO2. The van der Waals surface area contributed by atoms with Gasteiger partial charge < -0.3 is 9.73 Å². The van der Waals surface area contributed by atoms with Gasteiger partial charge >= 0.3 is 0 Å². The summed E-state index contributed by atoms with van der Waals surface area (Å²) in [6.07, 6.45) is 0. The summed E-state index contributed by atoms with van der Waals surface area (Å²) >= 11 is 9.41. The maximum absolute atomic E-state index is 12.3.